The summed E-state index contributed by atoms with van der Waals surface area (Å²) in [5.74, 6) is -0.232. The molecule has 2 aromatic rings. The monoisotopic (exact) mass is 346 g/mol. The van der Waals surface area contributed by atoms with Gasteiger partial charge in [-0.25, -0.2) is 4.39 Å². The molecule has 2 amide bonds. The minimum Gasteiger partial charge on any atom is -0.451 e. The lowest BCUT2D eigenvalue weighted by Crippen LogP contribution is -2.39. The predicted molar refractivity (Wildman–Crippen MR) is 92.8 cm³/mol. The number of amides is 2. The molecular weight excluding hydrogens is 323 g/mol. The van der Waals surface area contributed by atoms with Gasteiger partial charge in [-0.15, -0.1) is 0 Å². The smallest absolute Gasteiger partial charge is 0.289 e. The van der Waals surface area contributed by atoms with E-state index in [4.69, 9.17) is 4.42 Å². The number of carbonyl (C=O) groups is 2. The number of hydrogen-bond acceptors (Lipinski definition) is 3. The molecule has 0 bridgehead atoms. The highest BCUT2D eigenvalue weighted by Crippen LogP contribution is 2.27. The average Bonchev–Trinajstić information content (AvgIpc) is 2.76. The van der Waals surface area contributed by atoms with E-state index in [1.54, 1.807) is 17.9 Å². The topological polar surface area (TPSA) is 53.8 Å². The Kier molecular flexibility index (Phi) is 4.79. The minimum absolute atomic E-state index is 0.0465. The van der Waals surface area contributed by atoms with Gasteiger partial charge in [0.15, 0.2) is 5.76 Å². The highest BCUT2D eigenvalue weighted by atomic mass is 19.1. The van der Waals surface area contributed by atoms with Crippen molar-refractivity contribution in [2.75, 3.05) is 26.2 Å². The summed E-state index contributed by atoms with van der Waals surface area (Å²) in [6.07, 6.45) is 0.734. The number of hydrogen-bond donors (Lipinski definition) is 0. The van der Waals surface area contributed by atoms with Crippen molar-refractivity contribution in [2.45, 2.75) is 27.2 Å². The summed E-state index contributed by atoms with van der Waals surface area (Å²) in [6, 6.07) is 4.25. The van der Waals surface area contributed by atoms with Crippen LogP contribution in [0.5, 0.6) is 0 Å². The van der Waals surface area contributed by atoms with Gasteiger partial charge in [-0.05, 0) is 31.5 Å². The molecule has 0 radical (unpaired) electrons. The normalized spacial score (nSPS) is 15.7. The molecule has 0 N–H and O–H groups in total. The van der Waals surface area contributed by atoms with Crippen molar-refractivity contribution in [3.63, 3.8) is 0 Å². The van der Waals surface area contributed by atoms with Gasteiger partial charge in [0.1, 0.15) is 11.4 Å². The summed E-state index contributed by atoms with van der Waals surface area (Å²) < 4.78 is 19.1. The second-order valence-corrected chi connectivity index (χ2v) is 6.82. The van der Waals surface area contributed by atoms with E-state index >= 15 is 0 Å². The summed E-state index contributed by atoms with van der Waals surface area (Å²) in [6.45, 7) is 7.76. The Bertz CT molecular complexity index is 812. The first-order valence-corrected chi connectivity index (χ1v) is 8.65. The number of furan rings is 1. The molecule has 1 aromatic heterocycles. The Morgan fingerprint density at radius 2 is 1.80 bits per heavy atom. The molecule has 1 aliphatic rings. The van der Waals surface area contributed by atoms with Gasteiger partial charge in [0.2, 0.25) is 5.91 Å². The fraction of sp³-hybridized carbons (Fsp3) is 0.474. The zero-order valence-electron chi connectivity index (χ0n) is 14.8. The van der Waals surface area contributed by atoms with Crippen LogP contribution in [0.2, 0.25) is 0 Å². The third kappa shape index (κ3) is 3.38. The SMILES string of the molecule is Cc1c(C(=O)N2CCCN(C(=O)C(C)C)CC2)oc2ccc(F)cc12. The molecule has 1 aromatic carbocycles. The number of carbonyl (C=O) groups excluding carboxylic acids is 2. The molecule has 0 spiro atoms. The summed E-state index contributed by atoms with van der Waals surface area (Å²) in [7, 11) is 0. The van der Waals surface area contributed by atoms with E-state index < -0.39 is 0 Å². The Morgan fingerprint density at radius 1 is 1.12 bits per heavy atom. The molecule has 0 atom stereocenters. The summed E-state index contributed by atoms with van der Waals surface area (Å²) in [5.41, 5.74) is 1.16. The van der Waals surface area contributed by atoms with E-state index in [0.29, 0.717) is 42.7 Å². The summed E-state index contributed by atoms with van der Waals surface area (Å²) >= 11 is 0. The first-order chi connectivity index (χ1) is 11.9. The van der Waals surface area contributed by atoms with Gasteiger partial charge in [0.05, 0.1) is 0 Å². The van der Waals surface area contributed by atoms with Crippen molar-refractivity contribution in [1.82, 2.24) is 9.80 Å². The summed E-state index contributed by atoms with van der Waals surface area (Å²) in [4.78, 5) is 28.6. The molecule has 2 heterocycles. The second-order valence-electron chi connectivity index (χ2n) is 6.82. The van der Waals surface area contributed by atoms with E-state index in [1.807, 2.05) is 18.7 Å². The van der Waals surface area contributed by atoms with Crippen molar-refractivity contribution in [1.29, 1.82) is 0 Å². The van der Waals surface area contributed by atoms with Crippen LogP contribution in [0.25, 0.3) is 11.0 Å². The Hall–Kier alpha value is -2.37. The minimum atomic E-state index is -0.354. The Morgan fingerprint density at radius 3 is 2.52 bits per heavy atom. The van der Waals surface area contributed by atoms with E-state index in [-0.39, 0.29) is 29.3 Å². The fourth-order valence-electron chi connectivity index (χ4n) is 3.25. The molecule has 25 heavy (non-hydrogen) atoms. The zero-order valence-corrected chi connectivity index (χ0v) is 14.8. The highest BCUT2D eigenvalue weighted by molar-refractivity contribution is 5.99. The van der Waals surface area contributed by atoms with Crippen LogP contribution < -0.4 is 0 Å². The van der Waals surface area contributed by atoms with Crippen LogP contribution in [-0.2, 0) is 4.79 Å². The van der Waals surface area contributed by atoms with Crippen molar-refractivity contribution in [3.8, 4) is 0 Å². The third-order valence-corrected chi connectivity index (χ3v) is 4.68. The molecule has 1 saturated heterocycles. The van der Waals surface area contributed by atoms with Crippen molar-refractivity contribution < 1.29 is 18.4 Å². The van der Waals surface area contributed by atoms with Gasteiger partial charge in [0, 0.05) is 43.0 Å². The van der Waals surface area contributed by atoms with E-state index in [0.717, 1.165) is 6.42 Å². The van der Waals surface area contributed by atoms with Crippen LogP contribution in [0.1, 0.15) is 36.4 Å². The van der Waals surface area contributed by atoms with Crippen molar-refractivity contribution in [3.05, 3.63) is 35.3 Å². The molecule has 5 nitrogen and oxygen atoms in total. The van der Waals surface area contributed by atoms with Crippen LogP contribution in [0.15, 0.2) is 22.6 Å². The van der Waals surface area contributed by atoms with E-state index in [9.17, 15) is 14.0 Å². The molecule has 134 valence electrons. The standard InChI is InChI=1S/C19H23FN2O3/c1-12(2)18(23)21-7-4-8-22(10-9-21)19(24)17-13(3)15-11-14(20)5-6-16(15)25-17/h5-6,11-12H,4,7-10H2,1-3H3. The molecule has 0 unspecified atom stereocenters. The number of fused-ring (bicyclic) bond motifs is 1. The van der Waals surface area contributed by atoms with Crippen LogP contribution in [0.4, 0.5) is 4.39 Å². The van der Waals surface area contributed by atoms with Crippen LogP contribution in [0, 0.1) is 18.7 Å². The van der Waals surface area contributed by atoms with Gasteiger partial charge in [-0.3, -0.25) is 9.59 Å². The fourth-order valence-corrected chi connectivity index (χ4v) is 3.25. The first-order valence-electron chi connectivity index (χ1n) is 8.65. The van der Waals surface area contributed by atoms with Crippen LogP contribution in [0.3, 0.4) is 0 Å². The maximum absolute atomic E-state index is 13.4. The lowest BCUT2D eigenvalue weighted by molar-refractivity contribution is -0.134. The third-order valence-electron chi connectivity index (χ3n) is 4.68. The number of rotatable bonds is 2. The maximum Gasteiger partial charge on any atom is 0.289 e. The largest absolute Gasteiger partial charge is 0.451 e. The lowest BCUT2D eigenvalue weighted by atomic mass is 10.1. The number of nitrogens with zero attached hydrogens (tertiary/aromatic N) is 2. The number of halogens is 1. The Labute approximate surface area is 146 Å². The first kappa shape index (κ1) is 17.5. The Balaban J connectivity index is 1.79. The average molecular weight is 346 g/mol. The van der Waals surface area contributed by atoms with Gasteiger partial charge >= 0.3 is 0 Å². The molecule has 1 fully saturated rings. The molecular formula is C19H23FN2O3. The summed E-state index contributed by atoms with van der Waals surface area (Å²) in [5, 5.41) is 0.620. The lowest BCUT2D eigenvalue weighted by Gasteiger charge is -2.23. The van der Waals surface area contributed by atoms with Gasteiger partial charge < -0.3 is 14.2 Å². The van der Waals surface area contributed by atoms with Gasteiger partial charge in [-0.2, -0.15) is 0 Å². The number of aryl methyl sites for hydroxylation is 1. The zero-order chi connectivity index (χ0) is 18.1. The predicted octanol–water partition coefficient (Wildman–Crippen LogP) is 3.21. The van der Waals surface area contributed by atoms with Gasteiger partial charge in [0.25, 0.3) is 5.91 Å². The van der Waals surface area contributed by atoms with Crippen LogP contribution >= 0.6 is 0 Å². The maximum atomic E-state index is 13.4. The second kappa shape index (κ2) is 6.86. The van der Waals surface area contributed by atoms with E-state index in [2.05, 4.69) is 0 Å². The molecule has 0 aliphatic carbocycles. The van der Waals surface area contributed by atoms with Gasteiger partial charge in [-0.1, -0.05) is 13.8 Å². The highest BCUT2D eigenvalue weighted by Gasteiger charge is 2.27. The molecule has 0 saturated carbocycles. The van der Waals surface area contributed by atoms with E-state index in [1.165, 1.54) is 12.1 Å². The molecule has 1 aliphatic heterocycles. The quantitative estimate of drug-likeness (QED) is 0.839. The van der Waals surface area contributed by atoms with Crippen LogP contribution in [-0.4, -0.2) is 47.8 Å². The van der Waals surface area contributed by atoms with Crippen molar-refractivity contribution >= 4 is 22.8 Å². The number of benzene rings is 1. The molecule has 3 rings (SSSR count). The molecule has 6 heteroatoms. The van der Waals surface area contributed by atoms with Crippen molar-refractivity contribution in [2.24, 2.45) is 5.92 Å².